The molecule has 0 fully saturated rings. The number of methoxy groups -OCH3 is 1. The average molecular weight is 447 g/mol. The summed E-state index contributed by atoms with van der Waals surface area (Å²) in [4.78, 5) is 24.0. The van der Waals surface area contributed by atoms with Gasteiger partial charge in [0.2, 0.25) is 0 Å². The van der Waals surface area contributed by atoms with E-state index in [1.54, 1.807) is 18.4 Å². The Kier molecular flexibility index (Phi) is 6.66. The fourth-order valence-corrected chi connectivity index (χ4v) is 4.49. The van der Waals surface area contributed by atoms with E-state index in [2.05, 4.69) is 33.6 Å². The Morgan fingerprint density at radius 2 is 1.84 bits per heavy atom. The molecule has 0 atom stereocenters. The van der Waals surface area contributed by atoms with Crippen molar-refractivity contribution in [3.8, 4) is 5.75 Å². The molecule has 0 aliphatic carbocycles. The van der Waals surface area contributed by atoms with Crippen LogP contribution in [0.2, 0.25) is 0 Å². The van der Waals surface area contributed by atoms with Gasteiger partial charge in [-0.1, -0.05) is 37.3 Å². The van der Waals surface area contributed by atoms with Crippen LogP contribution in [0.15, 0.2) is 54.6 Å². The molecule has 0 unspecified atom stereocenters. The van der Waals surface area contributed by atoms with Crippen LogP contribution in [0.3, 0.4) is 0 Å². The maximum atomic E-state index is 12.5. The minimum atomic E-state index is -0.117. The first kappa shape index (κ1) is 21.8. The molecule has 0 spiro atoms. The SMILES string of the molecule is CCc1cc2c(NCc3ccc(C(=O)NCc4ccccc4OC)cc3)nc(C)nc2s1. The fraction of sp³-hybridized carbons (Fsp3) is 0.240. The number of nitrogens with zero attached hydrogens (tertiary/aromatic N) is 2. The van der Waals surface area contributed by atoms with E-state index in [4.69, 9.17) is 4.74 Å². The van der Waals surface area contributed by atoms with Gasteiger partial charge >= 0.3 is 0 Å². The molecule has 0 radical (unpaired) electrons. The lowest BCUT2D eigenvalue weighted by atomic mass is 10.1. The van der Waals surface area contributed by atoms with Gasteiger partial charge in [0.15, 0.2) is 0 Å². The highest BCUT2D eigenvalue weighted by molar-refractivity contribution is 7.18. The van der Waals surface area contributed by atoms with Gasteiger partial charge in [0.25, 0.3) is 5.91 Å². The molecule has 0 bridgehead atoms. The molecule has 2 aromatic heterocycles. The molecule has 2 aromatic carbocycles. The van der Waals surface area contributed by atoms with E-state index >= 15 is 0 Å². The molecule has 4 aromatic rings. The summed E-state index contributed by atoms with van der Waals surface area (Å²) in [5, 5.41) is 7.44. The number of para-hydroxylation sites is 1. The minimum absolute atomic E-state index is 0.117. The number of aromatic nitrogens is 2. The maximum absolute atomic E-state index is 12.5. The second kappa shape index (κ2) is 9.78. The van der Waals surface area contributed by atoms with Gasteiger partial charge in [-0.25, -0.2) is 9.97 Å². The van der Waals surface area contributed by atoms with Gasteiger partial charge in [-0.2, -0.15) is 0 Å². The van der Waals surface area contributed by atoms with Crippen molar-refractivity contribution in [2.24, 2.45) is 0 Å². The van der Waals surface area contributed by atoms with E-state index in [1.165, 1.54) is 4.88 Å². The highest BCUT2D eigenvalue weighted by atomic mass is 32.1. The van der Waals surface area contributed by atoms with E-state index in [0.29, 0.717) is 18.7 Å². The van der Waals surface area contributed by atoms with Crippen LogP contribution in [0.25, 0.3) is 10.2 Å². The van der Waals surface area contributed by atoms with Gasteiger partial charge in [0.1, 0.15) is 22.2 Å². The number of fused-ring (bicyclic) bond motifs is 1. The molecule has 7 heteroatoms. The lowest BCUT2D eigenvalue weighted by Crippen LogP contribution is -2.23. The highest BCUT2D eigenvalue weighted by Crippen LogP contribution is 2.29. The van der Waals surface area contributed by atoms with Crippen LogP contribution in [-0.2, 0) is 19.5 Å². The van der Waals surface area contributed by atoms with Crippen molar-refractivity contribution in [3.63, 3.8) is 0 Å². The van der Waals surface area contributed by atoms with Gasteiger partial charge in [0, 0.05) is 29.1 Å². The van der Waals surface area contributed by atoms with Crippen LogP contribution < -0.4 is 15.4 Å². The second-order valence-electron chi connectivity index (χ2n) is 7.45. The molecule has 6 nitrogen and oxygen atoms in total. The summed E-state index contributed by atoms with van der Waals surface area (Å²) in [5.41, 5.74) is 2.63. The number of aryl methyl sites for hydroxylation is 2. The predicted octanol–water partition coefficient (Wildman–Crippen LogP) is 5.11. The molecular weight excluding hydrogens is 420 g/mol. The third kappa shape index (κ3) is 4.89. The first-order valence-electron chi connectivity index (χ1n) is 10.6. The van der Waals surface area contributed by atoms with E-state index in [0.717, 1.165) is 45.2 Å². The number of nitrogens with one attached hydrogen (secondary N) is 2. The number of carbonyl (C=O) groups is 1. The monoisotopic (exact) mass is 446 g/mol. The second-order valence-corrected chi connectivity index (χ2v) is 8.56. The Bertz CT molecular complexity index is 1230. The number of hydrogen-bond donors (Lipinski definition) is 2. The number of anilines is 1. The van der Waals surface area contributed by atoms with Gasteiger partial charge < -0.3 is 15.4 Å². The first-order valence-corrected chi connectivity index (χ1v) is 11.4. The Morgan fingerprint density at radius 1 is 1.06 bits per heavy atom. The van der Waals surface area contributed by atoms with E-state index in [1.807, 2.05) is 55.5 Å². The summed E-state index contributed by atoms with van der Waals surface area (Å²) in [6, 6.07) is 17.4. The summed E-state index contributed by atoms with van der Waals surface area (Å²) in [7, 11) is 1.63. The van der Waals surface area contributed by atoms with Gasteiger partial charge in [0.05, 0.1) is 12.5 Å². The van der Waals surface area contributed by atoms with Gasteiger partial charge in [-0.15, -0.1) is 11.3 Å². The number of rotatable bonds is 8. The third-order valence-corrected chi connectivity index (χ3v) is 6.39. The van der Waals surface area contributed by atoms with Gasteiger partial charge in [-0.05, 0) is 43.2 Å². The van der Waals surface area contributed by atoms with Crippen molar-refractivity contribution in [2.45, 2.75) is 33.4 Å². The Balaban J connectivity index is 1.39. The Hall–Kier alpha value is -3.45. The minimum Gasteiger partial charge on any atom is -0.496 e. The number of hydrogen-bond acceptors (Lipinski definition) is 6. The Morgan fingerprint density at radius 3 is 2.59 bits per heavy atom. The Labute approximate surface area is 191 Å². The molecule has 4 rings (SSSR count). The molecule has 1 amide bonds. The van der Waals surface area contributed by atoms with Crippen LogP contribution >= 0.6 is 11.3 Å². The van der Waals surface area contributed by atoms with Crippen LogP contribution in [0.1, 0.15) is 39.1 Å². The summed E-state index contributed by atoms with van der Waals surface area (Å²) >= 11 is 1.71. The molecule has 0 saturated carbocycles. The quantitative estimate of drug-likeness (QED) is 0.393. The number of thiophene rings is 1. The smallest absolute Gasteiger partial charge is 0.251 e. The average Bonchev–Trinajstić information content (AvgIpc) is 3.24. The molecule has 2 heterocycles. The fourth-order valence-electron chi connectivity index (χ4n) is 3.47. The predicted molar refractivity (Wildman–Crippen MR) is 129 cm³/mol. The third-order valence-electron chi connectivity index (χ3n) is 5.21. The summed E-state index contributed by atoms with van der Waals surface area (Å²) in [6.07, 6.45) is 0.986. The van der Waals surface area contributed by atoms with E-state index in [-0.39, 0.29) is 5.91 Å². The molecule has 0 aliphatic rings. The van der Waals surface area contributed by atoms with Crippen molar-refractivity contribution < 1.29 is 9.53 Å². The van der Waals surface area contributed by atoms with Gasteiger partial charge in [-0.3, -0.25) is 4.79 Å². The number of ether oxygens (including phenoxy) is 1. The van der Waals surface area contributed by atoms with Crippen molar-refractivity contribution in [1.82, 2.24) is 15.3 Å². The van der Waals surface area contributed by atoms with Crippen molar-refractivity contribution in [2.75, 3.05) is 12.4 Å². The maximum Gasteiger partial charge on any atom is 0.251 e. The summed E-state index contributed by atoms with van der Waals surface area (Å²) < 4.78 is 5.34. The van der Waals surface area contributed by atoms with Crippen LogP contribution in [0, 0.1) is 6.92 Å². The number of benzene rings is 2. The summed E-state index contributed by atoms with van der Waals surface area (Å²) in [5.74, 6) is 2.25. The highest BCUT2D eigenvalue weighted by Gasteiger charge is 2.11. The van der Waals surface area contributed by atoms with Crippen molar-refractivity contribution >= 4 is 33.3 Å². The standard InChI is InChI=1S/C25H26N4O2S/c1-4-20-13-21-23(28-16(2)29-25(21)32-20)26-14-17-9-11-18(12-10-17)24(30)27-15-19-7-5-6-8-22(19)31-3/h5-13H,4,14-15H2,1-3H3,(H,27,30)(H,26,28,29). The molecular formula is C25H26N4O2S. The first-order chi connectivity index (χ1) is 15.6. The van der Waals surface area contributed by atoms with Crippen LogP contribution in [0.5, 0.6) is 5.75 Å². The van der Waals surface area contributed by atoms with Crippen LogP contribution in [-0.4, -0.2) is 23.0 Å². The molecule has 32 heavy (non-hydrogen) atoms. The topological polar surface area (TPSA) is 76.1 Å². The van der Waals surface area contributed by atoms with Crippen molar-refractivity contribution in [3.05, 3.63) is 82.0 Å². The molecule has 0 saturated heterocycles. The summed E-state index contributed by atoms with van der Waals surface area (Å²) in [6.45, 7) is 5.09. The lowest BCUT2D eigenvalue weighted by Gasteiger charge is -2.10. The number of amides is 1. The molecule has 164 valence electrons. The van der Waals surface area contributed by atoms with Crippen LogP contribution in [0.4, 0.5) is 5.82 Å². The largest absolute Gasteiger partial charge is 0.496 e. The van der Waals surface area contributed by atoms with E-state index < -0.39 is 0 Å². The zero-order valence-corrected chi connectivity index (χ0v) is 19.3. The van der Waals surface area contributed by atoms with Crippen molar-refractivity contribution in [1.29, 1.82) is 0 Å². The zero-order valence-electron chi connectivity index (χ0n) is 18.4. The molecule has 2 N–H and O–H groups in total. The normalized spacial score (nSPS) is 10.8. The number of carbonyl (C=O) groups excluding carboxylic acids is 1. The molecule has 0 aliphatic heterocycles. The zero-order chi connectivity index (χ0) is 22.5. The lowest BCUT2D eigenvalue weighted by molar-refractivity contribution is 0.0950. The van der Waals surface area contributed by atoms with E-state index in [9.17, 15) is 4.79 Å².